The first kappa shape index (κ1) is 21.9. The Labute approximate surface area is 194 Å². The summed E-state index contributed by atoms with van der Waals surface area (Å²) in [5, 5.41) is 13.2. The van der Waals surface area contributed by atoms with E-state index in [9.17, 15) is 12.8 Å². The number of sulfonamides is 1. The molecule has 9 nitrogen and oxygen atoms in total. The van der Waals surface area contributed by atoms with E-state index >= 15 is 0 Å². The van der Waals surface area contributed by atoms with Gasteiger partial charge in [0.2, 0.25) is 15.9 Å². The smallest absolute Gasteiger partial charge is 0.242 e. The number of nitrogens with one attached hydrogen (secondary N) is 1. The third kappa shape index (κ3) is 4.30. The Morgan fingerprint density at radius 2 is 1.88 bits per heavy atom. The van der Waals surface area contributed by atoms with Crippen molar-refractivity contribution in [1.82, 2.24) is 29.5 Å². The zero-order valence-electron chi connectivity index (χ0n) is 18.0. The fourth-order valence-electron chi connectivity index (χ4n) is 3.50. The molecule has 0 unspecified atom stereocenters. The summed E-state index contributed by atoms with van der Waals surface area (Å²) in [5.41, 5.74) is 2.13. The van der Waals surface area contributed by atoms with Gasteiger partial charge < -0.3 is 4.74 Å². The van der Waals surface area contributed by atoms with E-state index in [-0.39, 0.29) is 23.9 Å². The normalized spacial score (nSPS) is 11.8. The minimum atomic E-state index is -3.80. The van der Waals surface area contributed by atoms with E-state index in [1.165, 1.54) is 22.7 Å². The predicted molar refractivity (Wildman–Crippen MR) is 123 cm³/mol. The Morgan fingerprint density at radius 1 is 1.03 bits per heavy atom. The fraction of sp³-hybridized carbons (Fsp3) is 0.130. The van der Waals surface area contributed by atoms with Gasteiger partial charge in [0.15, 0.2) is 11.5 Å². The van der Waals surface area contributed by atoms with Crippen LogP contribution in [0.3, 0.4) is 0 Å². The molecule has 1 N–H and O–H groups in total. The van der Waals surface area contributed by atoms with Crippen molar-refractivity contribution in [2.75, 3.05) is 13.2 Å². The van der Waals surface area contributed by atoms with E-state index in [0.717, 1.165) is 11.1 Å². The Morgan fingerprint density at radius 3 is 2.74 bits per heavy atom. The number of hydrogen-bond donors (Lipinski definition) is 1. The lowest BCUT2D eigenvalue weighted by Crippen LogP contribution is -2.28. The molecule has 34 heavy (non-hydrogen) atoms. The molecule has 2 aromatic carbocycles. The van der Waals surface area contributed by atoms with Crippen LogP contribution in [-0.4, -0.2) is 46.4 Å². The average molecular weight is 479 g/mol. The van der Waals surface area contributed by atoms with Crippen LogP contribution in [0, 0.1) is 12.7 Å². The van der Waals surface area contributed by atoms with Gasteiger partial charge in [-0.2, -0.15) is 4.52 Å². The molecule has 11 heteroatoms. The molecule has 5 rings (SSSR count). The molecule has 0 atom stereocenters. The van der Waals surface area contributed by atoms with Gasteiger partial charge in [-0.3, -0.25) is 4.98 Å². The van der Waals surface area contributed by atoms with E-state index in [0.29, 0.717) is 22.6 Å². The van der Waals surface area contributed by atoms with E-state index in [1.54, 1.807) is 30.3 Å². The number of para-hydroxylation sites is 1. The van der Waals surface area contributed by atoms with Crippen molar-refractivity contribution >= 4 is 26.6 Å². The quantitative estimate of drug-likeness (QED) is 0.358. The van der Waals surface area contributed by atoms with Crippen LogP contribution in [-0.2, 0) is 10.0 Å². The minimum absolute atomic E-state index is 0.0170. The highest BCUT2D eigenvalue weighted by molar-refractivity contribution is 7.89. The van der Waals surface area contributed by atoms with Gasteiger partial charge in [0.1, 0.15) is 17.3 Å². The van der Waals surface area contributed by atoms with Crippen LogP contribution in [0.1, 0.15) is 5.69 Å². The molecular weight excluding hydrogens is 459 g/mol. The number of aryl methyl sites for hydroxylation is 1. The number of fused-ring (bicyclic) bond motifs is 2. The van der Waals surface area contributed by atoms with Crippen LogP contribution in [0.15, 0.2) is 71.6 Å². The molecule has 0 aliphatic carbocycles. The number of ether oxygens (including phenoxy) is 1. The monoisotopic (exact) mass is 478 g/mol. The number of halogens is 1. The lowest BCUT2D eigenvalue weighted by molar-refractivity contribution is 0.306. The van der Waals surface area contributed by atoms with Crippen LogP contribution < -0.4 is 9.46 Å². The lowest BCUT2D eigenvalue weighted by Gasteiger charge is -2.10. The second-order valence-corrected chi connectivity index (χ2v) is 9.24. The third-order valence-corrected chi connectivity index (χ3v) is 6.57. The number of pyridine rings is 1. The zero-order chi connectivity index (χ0) is 23.7. The number of nitrogens with zero attached hydrogens (tertiary/aromatic N) is 5. The van der Waals surface area contributed by atoms with Gasteiger partial charge in [-0.15, -0.1) is 15.3 Å². The molecule has 0 aliphatic rings. The molecule has 3 heterocycles. The number of hydrogen-bond acceptors (Lipinski definition) is 7. The third-order valence-electron chi connectivity index (χ3n) is 5.08. The summed E-state index contributed by atoms with van der Waals surface area (Å²) in [6, 6.07) is 17.9. The number of rotatable bonds is 7. The van der Waals surface area contributed by atoms with E-state index in [4.69, 9.17) is 4.74 Å². The summed E-state index contributed by atoms with van der Waals surface area (Å²) >= 11 is 0. The molecule has 3 aromatic heterocycles. The molecule has 0 aliphatic heterocycles. The molecule has 0 fully saturated rings. The van der Waals surface area contributed by atoms with Crippen molar-refractivity contribution in [3.8, 4) is 17.3 Å². The first-order valence-electron chi connectivity index (χ1n) is 10.4. The Kier molecular flexibility index (Phi) is 5.64. The lowest BCUT2D eigenvalue weighted by atomic mass is 10.2. The summed E-state index contributed by atoms with van der Waals surface area (Å²) in [5.74, 6) is 0.205. The molecular formula is C23H19FN6O3S. The van der Waals surface area contributed by atoms with Gasteiger partial charge in [0, 0.05) is 29.3 Å². The summed E-state index contributed by atoms with van der Waals surface area (Å²) in [6.07, 6.45) is 0. The number of benzene rings is 2. The van der Waals surface area contributed by atoms with E-state index < -0.39 is 15.8 Å². The SMILES string of the molecule is Cc1ccc2cccc(S(=O)(=O)NCCOc3ccc4nnc(-c5cccc(F)c5)n4n3)c2n1. The van der Waals surface area contributed by atoms with Gasteiger partial charge in [0.25, 0.3) is 0 Å². The van der Waals surface area contributed by atoms with Gasteiger partial charge in [-0.05, 0) is 37.3 Å². The highest BCUT2D eigenvalue weighted by Gasteiger charge is 2.18. The Bertz CT molecular complexity index is 1620. The highest BCUT2D eigenvalue weighted by Crippen LogP contribution is 2.22. The molecule has 0 saturated carbocycles. The van der Waals surface area contributed by atoms with E-state index in [2.05, 4.69) is 25.0 Å². The first-order valence-corrected chi connectivity index (χ1v) is 11.9. The van der Waals surface area contributed by atoms with Crippen LogP contribution in [0.25, 0.3) is 27.9 Å². The maximum atomic E-state index is 13.6. The summed E-state index contributed by atoms with van der Waals surface area (Å²) in [4.78, 5) is 4.49. The maximum Gasteiger partial charge on any atom is 0.242 e. The molecule has 0 amide bonds. The van der Waals surface area contributed by atoms with Crippen molar-refractivity contribution in [3.63, 3.8) is 0 Å². The molecule has 5 aromatic rings. The number of aromatic nitrogens is 5. The van der Waals surface area contributed by atoms with Gasteiger partial charge in [0.05, 0.1) is 5.52 Å². The van der Waals surface area contributed by atoms with Crippen molar-refractivity contribution < 1.29 is 17.5 Å². The van der Waals surface area contributed by atoms with Crippen molar-refractivity contribution in [3.05, 3.63) is 78.2 Å². The molecule has 0 bridgehead atoms. The maximum absolute atomic E-state index is 13.6. The topological polar surface area (TPSA) is 111 Å². The van der Waals surface area contributed by atoms with Crippen molar-refractivity contribution in [1.29, 1.82) is 0 Å². The largest absolute Gasteiger partial charge is 0.475 e. The van der Waals surface area contributed by atoms with Gasteiger partial charge >= 0.3 is 0 Å². The second-order valence-electron chi connectivity index (χ2n) is 7.50. The molecule has 172 valence electrons. The van der Waals surface area contributed by atoms with Crippen LogP contribution in [0.5, 0.6) is 5.88 Å². The van der Waals surface area contributed by atoms with Gasteiger partial charge in [-0.1, -0.05) is 30.3 Å². The average Bonchev–Trinajstić information content (AvgIpc) is 3.25. The van der Waals surface area contributed by atoms with E-state index in [1.807, 2.05) is 25.1 Å². The summed E-state index contributed by atoms with van der Waals surface area (Å²) in [7, 11) is -3.80. The molecule has 0 spiro atoms. The standard InChI is InChI=1S/C23H19FN6O3S/c1-15-8-9-16-4-3-7-19(22(16)26-15)34(31,32)25-12-13-33-21-11-10-20-27-28-23(30(20)29-21)17-5-2-6-18(24)14-17/h2-11,14,25H,12-13H2,1H3. The van der Waals surface area contributed by atoms with Gasteiger partial charge in [-0.25, -0.2) is 17.5 Å². The van der Waals surface area contributed by atoms with Crippen LogP contribution >= 0.6 is 0 Å². The first-order chi connectivity index (χ1) is 16.4. The summed E-state index contributed by atoms with van der Waals surface area (Å²) in [6.45, 7) is 1.86. The Hall–Kier alpha value is -3.96. The zero-order valence-corrected chi connectivity index (χ0v) is 18.8. The summed E-state index contributed by atoms with van der Waals surface area (Å²) < 4.78 is 48.9. The van der Waals surface area contributed by atoms with Crippen LogP contribution in [0.2, 0.25) is 0 Å². The van der Waals surface area contributed by atoms with Crippen molar-refractivity contribution in [2.45, 2.75) is 11.8 Å². The Balaban J connectivity index is 1.29. The molecule has 0 radical (unpaired) electrons. The highest BCUT2D eigenvalue weighted by atomic mass is 32.2. The van der Waals surface area contributed by atoms with Crippen molar-refractivity contribution in [2.24, 2.45) is 0 Å². The second kappa shape index (κ2) is 8.76. The minimum Gasteiger partial charge on any atom is -0.475 e. The fourth-order valence-corrected chi connectivity index (χ4v) is 4.68. The molecule has 0 saturated heterocycles. The van der Waals surface area contributed by atoms with Crippen LogP contribution in [0.4, 0.5) is 4.39 Å². The predicted octanol–water partition coefficient (Wildman–Crippen LogP) is 3.14.